The van der Waals surface area contributed by atoms with Crippen molar-refractivity contribution in [3.8, 4) is 0 Å². The molecule has 2 aliphatic rings. The van der Waals surface area contributed by atoms with E-state index in [-0.39, 0.29) is 0 Å². The molecule has 2 saturated heterocycles. The van der Waals surface area contributed by atoms with Crippen LogP contribution >= 0.6 is 0 Å². The van der Waals surface area contributed by atoms with Crippen molar-refractivity contribution in [1.82, 2.24) is 10.6 Å². The molecule has 6 nitrogen and oxygen atoms in total. The van der Waals surface area contributed by atoms with E-state index in [1.54, 1.807) is 0 Å². The summed E-state index contributed by atoms with van der Waals surface area (Å²) >= 11 is 0. The number of hydrogen-bond acceptors (Lipinski definition) is 4. The number of rotatable bonds is 0. The van der Waals surface area contributed by atoms with Crippen molar-refractivity contribution < 1.29 is 19.1 Å². The molecule has 0 aliphatic carbocycles. The first kappa shape index (κ1) is 8.15. The van der Waals surface area contributed by atoms with Crippen LogP contribution in [0.4, 0.5) is 9.59 Å². The Kier molecular flexibility index (Phi) is 1.75. The smallest absolute Gasteiger partial charge is 0.406 e. The lowest BCUT2D eigenvalue weighted by Gasteiger charge is -2.38. The van der Waals surface area contributed by atoms with Gasteiger partial charge in [0, 0.05) is 25.9 Å². The largest absolute Gasteiger partial charge is 0.410 e. The van der Waals surface area contributed by atoms with E-state index in [0.717, 1.165) is 0 Å². The molecule has 72 valence electrons. The van der Waals surface area contributed by atoms with Crippen LogP contribution in [0.25, 0.3) is 0 Å². The van der Waals surface area contributed by atoms with Crippen LogP contribution in [-0.4, -0.2) is 31.1 Å². The molecule has 6 heteroatoms. The fourth-order valence-corrected chi connectivity index (χ4v) is 1.47. The van der Waals surface area contributed by atoms with Crippen LogP contribution in [-0.2, 0) is 9.47 Å². The first-order chi connectivity index (χ1) is 6.20. The summed E-state index contributed by atoms with van der Waals surface area (Å²) < 4.78 is 9.90. The third-order valence-corrected chi connectivity index (χ3v) is 2.11. The Hall–Kier alpha value is -1.46. The lowest BCUT2D eigenvalue weighted by atomic mass is 10.1. The molecular weight excluding hydrogens is 176 g/mol. The van der Waals surface area contributed by atoms with E-state index in [4.69, 9.17) is 9.47 Å². The van der Waals surface area contributed by atoms with E-state index in [1.807, 2.05) is 0 Å². The quantitative estimate of drug-likeness (QED) is 0.555. The molecule has 0 aromatic rings. The Morgan fingerprint density at radius 1 is 1.00 bits per heavy atom. The zero-order valence-corrected chi connectivity index (χ0v) is 6.96. The minimum atomic E-state index is -1.02. The van der Waals surface area contributed by atoms with Gasteiger partial charge in [-0.2, -0.15) is 0 Å². The third-order valence-electron chi connectivity index (χ3n) is 2.11. The summed E-state index contributed by atoms with van der Waals surface area (Å²) in [5, 5.41) is 4.99. The predicted octanol–water partition coefficient (Wildman–Crippen LogP) is -0.0575. The minimum Gasteiger partial charge on any atom is -0.406 e. The van der Waals surface area contributed by atoms with Crippen LogP contribution in [0.1, 0.15) is 12.8 Å². The highest BCUT2D eigenvalue weighted by Gasteiger charge is 2.43. The van der Waals surface area contributed by atoms with Crippen molar-refractivity contribution in [2.75, 3.05) is 13.1 Å². The molecule has 1 spiro atoms. The van der Waals surface area contributed by atoms with Gasteiger partial charge < -0.3 is 20.1 Å². The first-order valence-electron chi connectivity index (χ1n) is 4.14. The van der Waals surface area contributed by atoms with Crippen molar-refractivity contribution in [2.24, 2.45) is 0 Å². The van der Waals surface area contributed by atoms with Gasteiger partial charge in [-0.15, -0.1) is 0 Å². The molecule has 0 unspecified atom stereocenters. The summed E-state index contributed by atoms with van der Waals surface area (Å²) in [7, 11) is 0. The van der Waals surface area contributed by atoms with Gasteiger partial charge in [0.05, 0.1) is 0 Å². The summed E-state index contributed by atoms with van der Waals surface area (Å²) in [6.45, 7) is 0.957. The maximum Gasteiger partial charge on any atom is 0.410 e. The molecule has 0 atom stereocenters. The van der Waals surface area contributed by atoms with Gasteiger partial charge in [0.2, 0.25) is 0 Å². The third kappa shape index (κ3) is 1.51. The predicted molar refractivity (Wildman–Crippen MR) is 40.9 cm³/mol. The van der Waals surface area contributed by atoms with E-state index >= 15 is 0 Å². The Labute approximate surface area is 74.6 Å². The van der Waals surface area contributed by atoms with Crippen LogP contribution in [0.5, 0.6) is 0 Å². The molecule has 2 rings (SSSR count). The van der Waals surface area contributed by atoms with E-state index < -0.39 is 18.0 Å². The van der Waals surface area contributed by atoms with Crippen molar-refractivity contribution >= 4 is 12.2 Å². The maximum atomic E-state index is 10.9. The van der Waals surface area contributed by atoms with Gasteiger partial charge >= 0.3 is 12.2 Å². The second-order valence-electron chi connectivity index (χ2n) is 3.04. The van der Waals surface area contributed by atoms with Crippen LogP contribution in [0.15, 0.2) is 0 Å². The first-order valence-corrected chi connectivity index (χ1v) is 4.14. The fraction of sp³-hybridized carbons (Fsp3) is 0.714. The Balaban J connectivity index is 2.09. The molecule has 0 aromatic heterocycles. The Morgan fingerprint density at radius 2 is 1.46 bits per heavy atom. The normalized spacial score (nSPS) is 25.5. The van der Waals surface area contributed by atoms with E-state index in [0.29, 0.717) is 25.9 Å². The Bertz CT molecular complexity index is 227. The molecule has 2 fully saturated rings. The zero-order chi connectivity index (χ0) is 9.31. The summed E-state index contributed by atoms with van der Waals surface area (Å²) in [6.07, 6.45) is -0.0416. The molecule has 0 bridgehead atoms. The van der Waals surface area contributed by atoms with Gasteiger partial charge in [-0.1, -0.05) is 0 Å². The second kappa shape index (κ2) is 2.79. The number of carbonyl (C=O) groups excluding carboxylic acids is 2. The van der Waals surface area contributed by atoms with Gasteiger partial charge in [-0.05, 0) is 0 Å². The van der Waals surface area contributed by atoms with Gasteiger partial charge in [-0.3, -0.25) is 0 Å². The standard InChI is InChI=1S/C7H10N2O4/c10-5-8-3-1-7(12-5)2-4-9-6(11)13-7/h1-4H2,(H,8,10)(H,9,11). The molecule has 13 heavy (non-hydrogen) atoms. The lowest BCUT2D eigenvalue weighted by Crippen LogP contribution is -2.55. The molecule has 0 aromatic carbocycles. The highest BCUT2D eigenvalue weighted by molar-refractivity contribution is 5.71. The number of ether oxygens (including phenoxy) is 2. The zero-order valence-electron chi connectivity index (χ0n) is 6.96. The van der Waals surface area contributed by atoms with Crippen molar-refractivity contribution in [3.63, 3.8) is 0 Å². The van der Waals surface area contributed by atoms with Crippen molar-refractivity contribution in [1.29, 1.82) is 0 Å². The molecule has 2 N–H and O–H groups in total. The van der Waals surface area contributed by atoms with Gasteiger partial charge in [0.15, 0.2) is 0 Å². The lowest BCUT2D eigenvalue weighted by molar-refractivity contribution is -0.188. The molecule has 2 amide bonds. The number of alkyl carbamates (subject to hydrolysis) is 2. The fourth-order valence-electron chi connectivity index (χ4n) is 1.47. The number of nitrogens with one attached hydrogen (secondary N) is 2. The van der Waals surface area contributed by atoms with Gasteiger partial charge in [-0.25, -0.2) is 9.59 Å². The maximum absolute atomic E-state index is 10.9. The number of carbonyl (C=O) groups is 2. The molecule has 0 saturated carbocycles. The van der Waals surface area contributed by atoms with Crippen LogP contribution in [0, 0.1) is 0 Å². The highest BCUT2D eigenvalue weighted by Crippen LogP contribution is 2.27. The molecular formula is C7H10N2O4. The topological polar surface area (TPSA) is 76.7 Å². The molecule has 2 heterocycles. The van der Waals surface area contributed by atoms with Gasteiger partial charge in [0.25, 0.3) is 5.79 Å². The molecule has 0 radical (unpaired) electrons. The highest BCUT2D eigenvalue weighted by atomic mass is 16.7. The Morgan fingerprint density at radius 3 is 1.85 bits per heavy atom. The monoisotopic (exact) mass is 186 g/mol. The number of hydrogen-bond donors (Lipinski definition) is 2. The number of amides is 2. The van der Waals surface area contributed by atoms with Crippen LogP contribution < -0.4 is 10.6 Å². The SMILES string of the molecule is O=C1NCCC2(CCNC(=O)O2)O1. The van der Waals surface area contributed by atoms with E-state index in [2.05, 4.69) is 10.6 Å². The second-order valence-corrected chi connectivity index (χ2v) is 3.04. The van der Waals surface area contributed by atoms with Crippen molar-refractivity contribution in [2.45, 2.75) is 18.6 Å². The summed E-state index contributed by atoms with van der Waals surface area (Å²) in [6, 6.07) is 0. The molecule has 2 aliphatic heterocycles. The minimum absolute atomic E-state index is 0.478. The summed E-state index contributed by atoms with van der Waals surface area (Å²) in [5.41, 5.74) is 0. The summed E-state index contributed by atoms with van der Waals surface area (Å²) in [5.74, 6) is -1.02. The van der Waals surface area contributed by atoms with Crippen LogP contribution in [0.2, 0.25) is 0 Å². The van der Waals surface area contributed by atoms with E-state index in [9.17, 15) is 9.59 Å². The van der Waals surface area contributed by atoms with E-state index in [1.165, 1.54) is 0 Å². The van der Waals surface area contributed by atoms with Crippen molar-refractivity contribution in [3.05, 3.63) is 0 Å². The summed E-state index contributed by atoms with van der Waals surface area (Å²) in [4.78, 5) is 21.8. The van der Waals surface area contributed by atoms with Gasteiger partial charge in [0.1, 0.15) is 0 Å². The average Bonchev–Trinajstić information content (AvgIpc) is 2.02. The van der Waals surface area contributed by atoms with Crippen LogP contribution in [0.3, 0.4) is 0 Å². The average molecular weight is 186 g/mol.